The molecule has 1 aromatic heterocycles. The first kappa shape index (κ1) is 17.2. The Morgan fingerprint density at radius 3 is 3.09 bits per heavy atom. The first-order valence-corrected chi connectivity index (χ1v) is 7.10. The highest BCUT2D eigenvalue weighted by atomic mass is 35.5. The van der Waals surface area contributed by atoms with Crippen molar-refractivity contribution in [2.75, 3.05) is 20.2 Å². The summed E-state index contributed by atoms with van der Waals surface area (Å²) in [4.78, 5) is 15.8. The van der Waals surface area contributed by atoms with Gasteiger partial charge in [-0.25, -0.2) is 4.79 Å². The maximum Gasteiger partial charge on any atom is 0.337 e. The number of aromatic nitrogens is 2. The van der Waals surface area contributed by atoms with E-state index in [1.54, 1.807) is 24.3 Å². The van der Waals surface area contributed by atoms with Crippen molar-refractivity contribution < 1.29 is 18.8 Å². The van der Waals surface area contributed by atoms with Gasteiger partial charge in [0.1, 0.15) is 5.75 Å². The van der Waals surface area contributed by atoms with Gasteiger partial charge < -0.3 is 19.3 Å². The Morgan fingerprint density at radius 2 is 2.35 bits per heavy atom. The lowest BCUT2D eigenvalue weighted by Crippen LogP contribution is -2.08. The summed E-state index contributed by atoms with van der Waals surface area (Å²) in [5, 5.41) is 7.18. The fourth-order valence-electron chi connectivity index (χ4n) is 2.34. The van der Waals surface area contributed by atoms with Crippen LogP contribution < -0.4 is 10.1 Å². The standard InChI is InChI=1S/C15H17N3O4.ClH/c1-20-15(19)10-3-2-4-12(7-10)21-9-13-17-14(22-18-13)11-5-6-16-8-11;/h2-4,7,11,16H,5-6,8-9H2,1H3;1H/t11-;/m1./s1. The molecule has 2 heterocycles. The highest BCUT2D eigenvalue weighted by Crippen LogP contribution is 2.21. The van der Waals surface area contributed by atoms with Crippen molar-refractivity contribution in [1.29, 1.82) is 0 Å². The second kappa shape index (κ2) is 7.94. The van der Waals surface area contributed by atoms with Crippen LogP contribution in [0.25, 0.3) is 0 Å². The zero-order chi connectivity index (χ0) is 15.4. The van der Waals surface area contributed by atoms with Gasteiger partial charge in [0.05, 0.1) is 18.6 Å². The number of nitrogens with zero attached hydrogens (tertiary/aromatic N) is 2. The third kappa shape index (κ3) is 4.20. The average molecular weight is 340 g/mol. The summed E-state index contributed by atoms with van der Waals surface area (Å²) < 4.78 is 15.5. The zero-order valence-corrected chi connectivity index (χ0v) is 13.5. The third-order valence-electron chi connectivity index (χ3n) is 3.52. The van der Waals surface area contributed by atoms with Gasteiger partial charge >= 0.3 is 5.97 Å². The molecule has 23 heavy (non-hydrogen) atoms. The molecule has 3 rings (SSSR count). The Bertz CT molecular complexity index is 656. The van der Waals surface area contributed by atoms with Crippen LogP contribution in [-0.2, 0) is 11.3 Å². The molecule has 0 spiro atoms. The lowest BCUT2D eigenvalue weighted by molar-refractivity contribution is 0.0600. The first-order valence-electron chi connectivity index (χ1n) is 7.10. The van der Waals surface area contributed by atoms with E-state index < -0.39 is 5.97 Å². The summed E-state index contributed by atoms with van der Waals surface area (Å²) in [5.74, 6) is 1.57. The molecule has 7 nitrogen and oxygen atoms in total. The molecule has 0 amide bonds. The van der Waals surface area contributed by atoms with Crippen LogP contribution in [-0.4, -0.2) is 36.3 Å². The van der Waals surface area contributed by atoms with Gasteiger partial charge in [-0.05, 0) is 31.2 Å². The summed E-state index contributed by atoms with van der Waals surface area (Å²) in [6.07, 6.45) is 1.00. The summed E-state index contributed by atoms with van der Waals surface area (Å²) in [7, 11) is 1.34. The molecule has 1 saturated heterocycles. The zero-order valence-electron chi connectivity index (χ0n) is 12.7. The number of carbonyl (C=O) groups is 1. The van der Waals surface area contributed by atoms with E-state index in [1.807, 2.05) is 0 Å². The second-order valence-electron chi connectivity index (χ2n) is 5.05. The number of halogens is 1. The molecule has 2 aromatic rings. The molecule has 1 aliphatic rings. The molecule has 1 aromatic carbocycles. The van der Waals surface area contributed by atoms with E-state index in [1.165, 1.54) is 7.11 Å². The molecule has 124 valence electrons. The third-order valence-corrected chi connectivity index (χ3v) is 3.52. The second-order valence-corrected chi connectivity index (χ2v) is 5.05. The Balaban J connectivity index is 0.00000192. The highest BCUT2D eigenvalue weighted by Gasteiger charge is 2.22. The van der Waals surface area contributed by atoms with E-state index in [0.717, 1.165) is 19.5 Å². The summed E-state index contributed by atoms with van der Waals surface area (Å²) >= 11 is 0. The van der Waals surface area contributed by atoms with Crippen molar-refractivity contribution in [2.45, 2.75) is 18.9 Å². The predicted molar refractivity (Wildman–Crippen MR) is 83.9 cm³/mol. The van der Waals surface area contributed by atoms with Gasteiger partial charge in [0.25, 0.3) is 0 Å². The van der Waals surface area contributed by atoms with Crippen LogP contribution in [0.3, 0.4) is 0 Å². The monoisotopic (exact) mass is 339 g/mol. The van der Waals surface area contributed by atoms with Gasteiger partial charge in [-0.2, -0.15) is 4.98 Å². The Morgan fingerprint density at radius 1 is 1.48 bits per heavy atom. The van der Waals surface area contributed by atoms with Crippen LogP contribution in [0.4, 0.5) is 0 Å². The Labute approximate surface area is 139 Å². The van der Waals surface area contributed by atoms with E-state index >= 15 is 0 Å². The number of carbonyl (C=O) groups excluding carboxylic acids is 1. The van der Waals surface area contributed by atoms with Gasteiger partial charge in [0, 0.05) is 6.54 Å². The maximum atomic E-state index is 11.5. The molecule has 1 atom stereocenters. The van der Waals surface area contributed by atoms with Gasteiger partial charge in [-0.3, -0.25) is 0 Å². The lowest BCUT2D eigenvalue weighted by Gasteiger charge is -2.05. The molecule has 0 unspecified atom stereocenters. The number of rotatable bonds is 5. The molecule has 0 aliphatic carbocycles. The Hall–Kier alpha value is -2.12. The SMILES string of the molecule is COC(=O)c1cccc(OCc2noc([C@@H]3CCNC3)n2)c1.Cl. The molecular weight excluding hydrogens is 322 g/mol. The smallest absolute Gasteiger partial charge is 0.337 e. The summed E-state index contributed by atoms with van der Waals surface area (Å²) in [6, 6.07) is 6.77. The fourth-order valence-corrected chi connectivity index (χ4v) is 2.34. The van der Waals surface area contributed by atoms with Crippen LogP contribution in [0.5, 0.6) is 5.75 Å². The summed E-state index contributed by atoms with van der Waals surface area (Å²) in [6.45, 7) is 2.02. The molecule has 0 radical (unpaired) electrons. The average Bonchev–Trinajstić information content (AvgIpc) is 3.23. The largest absolute Gasteiger partial charge is 0.485 e. The molecule has 1 N–H and O–H groups in total. The molecule has 8 heteroatoms. The quantitative estimate of drug-likeness (QED) is 0.833. The normalized spacial score (nSPS) is 16.7. The van der Waals surface area contributed by atoms with Crippen molar-refractivity contribution in [3.63, 3.8) is 0 Å². The van der Waals surface area contributed by atoms with Crippen molar-refractivity contribution in [1.82, 2.24) is 15.5 Å². The Kier molecular flexibility index (Phi) is 5.95. The number of nitrogens with one attached hydrogen (secondary N) is 1. The van der Waals surface area contributed by atoms with E-state index in [-0.39, 0.29) is 24.9 Å². The van der Waals surface area contributed by atoms with Crippen molar-refractivity contribution in [3.05, 3.63) is 41.5 Å². The van der Waals surface area contributed by atoms with Crippen molar-refractivity contribution in [2.24, 2.45) is 0 Å². The van der Waals surface area contributed by atoms with Gasteiger partial charge in [0.2, 0.25) is 11.7 Å². The number of hydrogen-bond acceptors (Lipinski definition) is 7. The number of methoxy groups -OCH3 is 1. The maximum absolute atomic E-state index is 11.5. The van der Waals surface area contributed by atoms with E-state index in [0.29, 0.717) is 23.0 Å². The van der Waals surface area contributed by atoms with E-state index in [9.17, 15) is 4.79 Å². The van der Waals surface area contributed by atoms with Crippen LogP contribution in [0, 0.1) is 0 Å². The van der Waals surface area contributed by atoms with Gasteiger partial charge in [-0.1, -0.05) is 11.2 Å². The van der Waals surface area contributed by atoms with E-state index in [4.69, 9.17) is 9.26 Å². The fraction of sp³-hybridized carbons (Fsp3) is 0.400. The molecule has 1 fully saturated rings. The van der Waals surface area contributed by atoms with Crippen molar-refractivity contribution >= 4 is 18.4 Å². The number of ether oxygens (including phenoxy) is 2. The van der Waals surface area contributed by atoms with Crippen molar-refractivity contribution in [3.8, 4) is 5.75 Å². The molecule has 0 saturated carbocycles. The number of esters is 1. The van der Waals surface area contributed by atoms with Crippen LogP contribution in [0.2, 0.25) is 0 Å². The van der Waals surface area contributed by atoms with Crippen LogP contribution >= 0.6 is 12.4 Å². The topological polar surface area (TPSA) is 86.5 Å². The molecule has 0 bridgehead atoms. The summed E-state index contributed by atoms with van der Waals surface area (Å²) in [5.41, 5.74) is 0.436. The molecular formula is C15H18ClN3O4. The minimum Gasteiger partial charge on any atom is -0.485 e. The van der Waals surface area contributed by atoms with Gasteiger partial charge in [-0.15, -0.1) is 12.4 Å². The van der Waals surface area contributed by atoms with Gasteiger partial charge in [0.15, 0.2) is 6.61 Å². The number of benzene rings is 1. The minimum absolute atomic E-state index is 0. The number of hydrogen-bond donors (Lipinski definition) is 1. The predicted octanol–water partition coefficient (Wildman–Crippen LogP) is 1.93. The first-order chi connectivity index (χ1) is 10.8. The minimum atomic E-state index is -0.402. The van der Waals surface area contributed by atoms with Crippen LogP contribution in [0.15, 0.2) is 28.8 Å². The van der Waals surface area contributed by atoms with E-state index in [2.05, 4.69) is 20.2 Å². The molecule has 1 aliphatic heterocycles. The van der Waals surface area contributed by atoms with Crippen LogP contribution in [0.1, 0.15) is 34.4 Å². The highest BCUT2D eigenvalue weighted by molar-refractivity contribution is 5.89. The lowest BCUT2D eigenvalue weighted by atomic mass is 10.1.